The summed E-state index contributed by atoms with van der Waals surface area (Å²) in [4.78, 5) is 0. The van der Waals surface area contributed by atoms with Gasteiger partial charge in [0.05, 0.1) is 12.2 Å². The van der Waals surface area contributed by atoms with Crippen LogP contribution in [0, 0.1) is 0 Å². The maximum atomic E-state index is 6.61. The van der Waals surface area contributed by atoms with Crippen molar-refractivity contribution >= 4 is 8.32 Å². The normalized spacial score (nSPS) is 16.8. The topological polar surface area (TPSA) is 18.5 Å². The van der Waals surface area contributed by atoms with Crippen molar-refractivity contribution in [3.05, 3.63) is 12.2 Å². The first-order valence-electron chi connectivity index (χ1n) is 7.57. The molecule has 0 aromatic heterocycles. The van der Waals surface area contributed by atoms with Gasteiger partial charge in [-0.2, -0.15) is 0 Å². The Bertz CT molecular complexity index is 250. The van der Waals surface area contributed by atoms with Crippen LogP contribution in [0.2, 0.25) is 16.6 Å². The molecule has 0 unspecified atom stereocenters. The lowest BCUT2D eigenvalue weighted by molar-refractivity contribution is 0.154. The minimum absolute atomic E-state index is 0.152. The number of rotatable bonds is 8. The van der Waals surface area contributed by atoms with Gasteiger partial charge in [-0.1, -0.05) is 53.7 Å². The molecule has 19 heavy (non-hydrogen) atoms. The summed E-state index contributed by atoms with van der Waals surface area (Å²) in [6.07, 6.45) is 4.55. The first-order valence-corrected chi connectivity index (χ1v) is 9.71. The van der Waals surface area contributed by atoms with Crippen molar-refractivity contribution in [1.82, 2.24) is 0 Å². The van der Waals surface area contributed by atoms with Gasteiger partial charge in [0.25, 0.3) is 0 Å². The first kappa shape index (κ1) is 18.9. The van der Waals surface area contributed by atoms with Gasteiger partial charge in [0.1, 0.15) is 0 Å². The van der Waals surface area contributed by atoms with E-state index in [4.69, 9.17) is 9.16 Å². The number of ether oxygens (including phenoxy) is 1. The van der Waals surface area contributed by atoms with Gasteiger partial charge < -0.3 is 9.16 Å². The van der Waals surface area contributed by atoms with E-state index in [0.717, 1.165) is 0 Å². The molecule has 0 amide bonds. The van der Waals surface area contributed by atoms with Gasteiger partial charge in [-0.25, -0.2) is 0 Å². The van der Waals surface area contributed by atoms with Gasteiger partial charge in [-0.3, -0.25) is 0 Å². The molecule has 0 aliphatic heterocycles. The summed E-state index contributed by atoms with van der Waals surface area (Å²) >= 11 is 0. The van der Waals surface area contributed by atoms with Crippen LogP contribution < -0.4 is 0 Å². The third kappa shape index (κ3) is 5.05. The third-order valence-corrected chi connectivity index (χ3v) is 10.3. The summed E-state index contributed by atoms with van der Waals surface area (Å²) in [5, 5.41) is 0. The first-order chi connectivity index (χ1) is 8.68. The fraction of sp³-hybridized carbons (Fsp3) is 0.875. The van der Waals surface area contributed by atoms with E-state index in [1.54, 1.807) is 7.11 Å². The van der Waals surface area contributed by atoms with Crippen molar-refractivity contribution in [3.63, 3.8) is 0 Å². The molecular formula is C16H34O2Si. The molecule has 0 rings (SSSR count). The van der Waals surface area contributed by atoms with E-state index in [2.05, 4.69) is 60.6 Å². The monoisotopic (exact) mass is 286 g/mol. The average molecular weight is 287 g/mol. The molecule has 114 valence electrons. The predicted molar refractivity (Wildman–Crippen MR) is 87.2 cm³/mol. The summed E-state index contributed by atoms with van der Waals surface area (Å²) < 4.78 is 11.9. The molecule has 3 heteroatoms. The molecule has 0 aromatic carbocycles. The van der Waals surface area contributed by atoms with Crippen LogP contribution in [0.3, 0.4) is 0 Å². The minimum Gasteiger partial charge on any atom is -0.410 e. The highest BCUT2D eigenvalue weighted by atomic mass is 28.4. The Morgan fingerprint density at radius 3 is 1.37 bits per heavy atom. The maximum Gasteiger partial charge on any atom is 0.201 e. The molecule has 0 heterocycles. The van der Waals surface area contributed by atoms with Gasteiger partial charge in [0.15, 0.2) is 0 Å². The standard InChI is InChI=1S/C16H34O2Si/c1-12(2)19(13(3)4,14(5)6)18-16(8)11-10-15(7)17-9/h10-16H,1-9H3/b11-10-/t15-,16+/m1/s1. The Balaban J connectivity index is 4.97. The Kier molecular flexibility index (Phi) is 8.17. The molecule has 0 aliphatic carbocycles. The van der Waals surface area contributed by atoms with E-state index >= 15 is 0 Å². The Labute approximate surface area is 121 Å². The molecule has 2 nitrogen and oxygen atoms in total. The predicted octanol–water partition coefficient (Wildman–Crippen LogP) is 5.16. The Morgan fingerprint density at radius 2 is 1.05 bits per heavy atom. The van der Waals surface area contributed by atoms with Crippen molar-refractivity contribution in [2.75, 3.05) is 7.11 Å². The van der Waals surface area contributed by atoms with Crippen LogP contribution in [0.1, 0.15) is 55.4 Å². The van der Waals surface area contributed by atoms with Crippen molar-refractivity contribution in [1.29, 1.82) is 0 Å². The second-order valence-corrected chi connectivity index (χ2v) is 11.9. The fourth-order valence-corrected chi connectivity index (χ4v) is 8.70. The summed E-state index contributed by atoms with van der Waals surface area (Å²) in [6.45, 7) is 18.1. The highest BCUT2D eigenvalue weighted by Gasteiger charge is 2.45. The van der Waals surface area contributed by atoms with E-state index in [9.17, 15) is 0 Å². The molecule has 0 N–H and O–H groups in total. The van der Waals surface area contributed by atoms with Crippen LogP contribution in [0.15, 0.2) is 12.2 Å². The lowest BCUT2D eigenvalue weighted by Gasteiger charge is -2.43. The lowest BCUT2D eigenvalue weighted by atomic mass is 10.3. The maximum absolute atomic E-state index is 6.61. The van der Waals surface area contributed by atoms with Crippen LogP contribution in [0.5, 0.6) is 0 Å². The van der Waals surface area contributed by atoms with E-state index in [1.165, 1.54) is 0 Å². The van der Waals surface area contributed by atoms with Gasteiger partial charge >= 0.3 is 0 Å². The molecule has 0 fully saturated rings. The van der Waals surface area contributed by atoms with Crippen molar-refractivity contribution in [2.45, 2.75) is 84.2 Å². The van der Waals surface area contributed by atoms with Gasteiger partial charge in [0.2, 0.25) is 8.32 Å². The van der Waals surface area contributed by atoms with E-state index in [0.29, 0.717) is 16.6 Å². The average Bonchev–Trinajstić information content (AvgIpc) is 2.31. The summed E-state index contributed by atoms with van der Waals surface area (Å²) in [7, 11) is -0.0329. The fourth-order valence-electron chi connectivity index (χ4n) is 3.16. The quantitative estimate of drug-likeness (QED) is 0.453. The molecule has 0 saturated heterocycles. The molecule has 0 aromatic rings. The number of hydrogen-bond donors (Lipinski definition) is 0. The third-order valence-electron chi connectivity index (χ3n) is 4.12. The van der Waals surface area contributed by atoms with Crippen molar-refractivity contribution in [3.8, 4) is 0 Å². The number of methoxy groups -OCH3 is 1. The molecule has 0 radical (unpaired) electrons. The molecule has 0 saturated carbocycles. The molecule has 0 spiro atoms. The van der Waals surface area contributed by atoms with Gasteiger partial charge in [0, 0.05) is 7.11 Å². The van der Waals surface area contributed by atoms with Crippen molar-refractivity contribution in [2.24, 2.45) is 0 Å². The van der Waals surface area contributed by atoms with Crippen LogP contribution in [0.4, 0.5) is 0 Å². The Morgan fingerprint density at radius 1 is 0.684 bits per heavy atom. The largest absolute Gasteiger partial charge is 0.410 e. The van der Waals surface area contributed by atoms with Crippen LogP contribution in [-0.2, 0) is 9.16 Å². The summed E-state index contributed by atoms with van der Waals surface area (Å²) in [5.41, 5.74) is 1.88. The lowest BCUT2D eigenvalue weighted by Crippen LogP contribution is -2.49. The van der Waals surface area contributed by atoms with Crippen LogP contribution in [-0.4, -0.2) is 27.6 Å². The van der Waals surface area contributed by atoms with E-state index < -0.39 is 8.32 Å². The second kappa shape index (κ2) is 8.23. The van der Waals surface area contributed by atoms with Crippen LogP contribution >= 0.6 is 0 Å². The van der Waals surface area contributed by atoms with Crippen molar-refractivity contribution < 1.29 is 9.16 Å². The van der Waals surface area contributed by atoms with Gasteiger partial charge in [-0.05, 0) is 30.5 Å². The van der Waals surface area contributed by atoms with E-state index in [-0.39, 0.29) is 12.2 Å². The zero-order valence-corrected chi connectivity index (χ0v) is 15.4. The zero-order valence-electron chi connectivity index (χ0n) is 14.4. The summed E-state index contributed by atoms with van der Waals surface area (Å²) in [6, 6.07) is 0. The van der Waals surface area contributed by atoms with Gasteiger partial charge in [-0.15, -0.1) is 0 Å². The second-order valence-electron chi connectivity index (χ2n) is 6.47. The van der Waals surface area contributed by atoms with E-state index in [1.807, 2.05) is 6.92 Å². The molecule has 2 atom stereocenters. The van der Waals surface area contributed by atoms with Crippen LogP contribution in [0.25, 0.3) is 0 Å². The molecular weight excluding hydrogens is 252 g/mol. The highest BCUT2D eigenvalue weighted by molar-refractivity contribution is 6.77. The smallest absolute Gasteiger partial charge is 0.201 e. The SMILES string of the molecule is CO[C@H](C)/C=C\[C@H](C)O[Si](C(C)C)(C(C)C)C(C)C. The minimum atomic E-state index is -1.76. The number of hydrogen-bond acceptors (Lipinski definition) is 2. The molecule has 0 bridgehead atoms. The molecule has 0 aliphatic rings. The Hall–Kier alpha value is -0.123. The highest BCUT2D eigenvalue weighted by Crippen LogP contribution is 2.43. The zero-order chi connectivity index (χ0) is 15.2. The summed E-state index contributed by atoms with van der Waals surface area (Å²) in [5.74, 6) is 0.